The van der Waals surface area contributed by atoms with Crippen LogP contribution in [-0.4, -0.2) is 36.6 Å². The Morgan fingerprint density at radius 3 is 2.86 bits per heavy atom. The van der Waals surface area contributed by atoms with Gasteiger partial charge in [0, 0.05) is 18.1 Å². The molecule has 1 heterocycles. The Morgan fingerprint density at radius 2 is 2.05 bits per heavy atom. The summed E-state index contributed by atoms with van der Waals surface area (Å²) in [5.41, 5.74) is 1.38. The van der Waals surface area contributed by atoms with Crippen LogP contribution in [0.5, 0.6) is 0 Å². The second-order valence-corrected chi connectivity index (χ2v) is 6.15. The van der Waals surface area contributed by atoms with Gasteiger partial charge in [-0.15, -0.1) is 0 Å². The van der Waals surface area contributed by atoms with Crippen LogP contribution in [0.3, 0.4) is 0 Å². The van der Waals surface area contributed by atoms with E-state index >= 15 is 0 Å². The fraction of sp³-hybridized carbons (Fsp3) is 0.500. The van der Waals surface area contributed by atoms with E-state index in [2.05, 4.69) is 85.8 Å². The van der Waals surface area contributed by atoms with Gasteiger partial charge >= 0.3 is 0 Å². The molecule has 1 N–H and O–H groups in total. The summed E-state index contributed by atoms with van der Waals surface area (Å²) >= 11 is 0. The van der Waals surface area contributed by atoms with Gasteiger partial charge in [-0.3, -0.25) is 4.90 Å². The highest BCUT2D eigenvalue weighted by atomic mass is 15.2. The molecule has 0 saturated carbocycles. The topological polar surface area (TPSA) is 15.3 Å². The molecule has 0 fully saturated rings. The highest BCUT2D eigenvalue weighted by Gasteiger charge is 2.26. The molecule has 3 atom stereocenters. The van der Waals surface area contributed by atoms with E-state index < -0.39 is 0 Å². The number of allylic oxidation sites excluding steroid dienone is 6. The normalized spacial score (nSPS) is 33.6. The largest absolute Gasteiger partial charge is 0.308 e. The van der Waals surface area contributed by atoms with Crippen molar-refractivity contribution in [1.82, 2.24) is 10.2 Å². The molecule has 1 aliphatic carbocycles. The van der Waals surface area contributed by atoms with Crippen LogP contribution in [0.4, 0.5) is 0 Å². The monoisotopic (exact) mass is 298 g/mol. The van der Waals surface area contributed by atoms with Gasteiger partial charge in [-0.05, 0) is 45.4 Å². The molecule has 2 rings (SSSR count). The summed E-state index contributed by atoms with van der Waals surface area (Å²) in [4.78, 5) is 2.50. The maximum atomic E-state index is 3.77. The summed E-state index contributed by atoms with van der Waals surface area (Å²) in [6.07, 6.45) is 23.4. The minimum atomic E-state index is 0.359. The first-order chi connectivity index (χ1) is 10.7. The van der Waals surface area contributed by atoms with E-state index in [1.807, 2.05) is 0 Å². The fourth-order valence-corrected chi connectivity index (χ4v) is 3.16. The molecule has 2 heteroatoms. The van der Waals surface area contributed by atoms with Gasteiger partial charge in [0.15, 0.2) is 0 Å². The molecule has 0 spiro atoms. The molecule has 0 saturated heterocycles. The van der Waals surface area contributed by atoms with Crippen LogP contribution >= 0.6 is 0 Å². The first kappa shape index (κ1) is 17.0. The van der Waals surface area contributed by atoms with Gasteiger partial charge in [-0.25, -0.2) is 0 Å². The molecular weight excluding hydrogens is 268 g/mol. The van der Waals surface area contributed by atoms with Crippen LogP contribution in [-0.2, 0) is 0 Å². The smallest absolute Gasteiger partial charge is 0.0475 e. The van der Waals surface area contributed by atoms with E-state index in [-0.39, 0.29) is 0 Å². The standard InChI is InChI=1S/C20H30N2/c1-4-19-15-11-7-8-12-16-21-20(17(2)22(19)3)18-13-9-5-6-10-14-18/h5,7-11,13-15,17,19-21H,4,6,12,16H2,1-3H3/b8-7-,15-11-. The summed E-state index contributed by atoms with van der Waals surface area (Å²) in [6.45, 7) is 5.61. The average molecular weight is 298 g/mol. The number of nitrogens with one attached hydrogen (secondary N) is 1. The van der Waals surface area contributed by atoms with E-state index in [9.17, 15) is 0 Å². The number of nitrogens with zero attached hydrogens (tertiary/aromatic N) is 1. The molecular formula is C20H30N2. The molecule has 0 aromatic rings. The predicted octanol–water partition coefficient (Wildman–Crippen LogP) is 4.00. The SMILES string of the molecule is CCC1/C=C\C=C/CCNC(C2=CC=CCC=C2)C(C)N1C. The Labute approximate surface area is 136 Å². The van der Waals surface area contributed by atoms with Crippen molar-refractivity contribution in [2.75, 3.05) is 13.6 Å². The highest BCUT2D eigenvalue weighted by Crippen LogP contribution is 2.19. The summed E-state index contributed by atoms with van der Waals surface area (Å²) < 4.78 is 0. The molecule has 3 unspecified atom stereocenters. The molecule has 1 aliphatic heterocycles. The van der Waals surface area contributed by atoms with Crippen molar-refractivity contribution in [1.29, 1.82) is 0 Å². The zero-order valence-corrected chi connectivity index (χ0v) is 14.2. The summed E-state index contributed by atoms with van der Waals surface area (Å²) in [5, 5.41) is 3.77. The van der Waals surface area contributed by atoms with Gasteiger partial charge in [0.2, 0.25) is 0 Å². The van der Waals surface area contributed by atoms with Crippen molar-refractivity contribution in [2.24, 2.45) is 0 Å². The third kappa shape index (κ3) is 4.56. The molecule has 120 valence electrons. The van der Waals surface area contributed by atoms with Crippen LogP contribution < -0.4 is 5.32 Å². The lowest BCUT2D eigenvalue weighted by Crippen LogP contribution is -2.50. The average Bonchev–Trinajstić information content (AvgIpc) is 2.82. The lowest BCUT2D eigenvalue weighted by molar-refractivity contribution is 0.183. The van der Waals surface area contributed by atoms with Crippen molar-refractivity contribution in [3.05, 3.63) is 60.3 Å². The maximum absolute atomic E-state index is 3.77. The van der Waals surface area contributed by atoms with E-state index in [4.69, 9.17) is 0 Å². The predicted molar refractivity (Wildman–Crippen MR) is 97.0 cm³/mol. The lowest BCUT2D eigenvalue weighted by atomic mass is 9.96. The molecule has 22 heavy (non-hydrogen) atoms. The van der Waals surface area contributed by atoms with Gasteiger partial charge in [0.1, 0.15) is 0 Å². The minimum absolute atomic E-state index is 0.359. The Hall–Kier alpha value is -1.38. The second-order valence-electron chi connectivity index (χ2n) is 6.15. The molecule has 0 bridgehead atoms. The van der Waals surface area contributed by atoms with Crippen LogP contribution in [0, 0.1) is 0 Å². The van der Waals surface area contributed by atoms with Gasteiger partial charge in [0.05, 0.1) is 0 Å². The third-order valence-corrected chi connectivity index (χ3v) is 4.69. The first-order valence-electron chi connectivity index (χ1n) is 8.56. The minimum Gasteiger partial charge on any atom is -0.308 e. The van der Waals surface area contributed by atoms with Gasteiger partial charge in [0.25, 0.3) is 0 Å². The Kier molecular flexibility index (Phi) is 6.88. The zero-order chi connectivity index (χ0) is 15.8. The van der Waals surface area contributed by atoms with E-state index in [1.54, 1.807) is 0 Å². The molecule has 0 amide bonds. The van der Waals surface area contributed by atoms with Crippen LogP contribution in [0.25, 0.3) is 0 Å². The summed E-state index contributed by atoms with van der Waals surface area (Å²) in [5.74, 6) is 0. The Bertz CT molecular complexity index is 482. The molecule has 0 radical (unpaired) electrons. The second kappa shape index (κ2) is 8.92. The number of hydrogen-bond donors (Lipinski definition) is 1. The summed E-state index contributed by atoms with van der Waals surface area (Å²) in [6, 6.07) is 1.28. The molecule has 2 nitrogen and oxygen atoms in total. The van der Waals surface area contributed by atoms with Crippen molar-refractivity contribution in [2.45, 2.75) is 51.2 Å². The Balaban J connectivity index is 2.25. The van der Waals surface area contributed by atoms with E-state index in [1.165, 1.54) is 5.57 Å². The van der Waals surface area contributed by atoms with Crippen molar-refractivity contribution >= 4 is 0 Å². The van der Waals surface area contributed by atoms with Crippen LogP contribution in [0.2, 0.25) is 0 Å². The van der Waals surface area contributed by atoms with E-state index in [0.29, 0.717) is 18.1 Å². The first-order valence-corrected chi connectivity index (χ1v) is 8.56. The zero-order valence-electron chi connectivity index (χ0n) is 14.2. The lowest BCUT2D eigenvalue weighted by Gasteiger charge is -2.37. The maximum Gasteiger partial charge on any atom is 0.0475 e. The third-order valence-electron chi connectivity index (χ3n) is 4.69. The van der Waals surface area contributed by atoms with Crippen molar-refractivity contribution in [3.63, 3.8) is 0 Å². The molecule has 2 aliphatic rings. The van der Waals surface area contributed by atoms with Crippen LogP contribution in [0.15, 0.2) is 60.3 Å². The molecule has 0 aromatic heterocycles. The number of rotatable bonds is 2. The fourth-order valence-electron chi connectivity index (χ4n) is 3.16. The van der Waals surface area contributed by atoms with Gasteiger partial charge in [-0.2, -0.15) is 0 Å². The summed E-state index contributed by atoms with van der Waals surface area (Å²) in [7, 11) is 2.25. The quantitative estimate of drug-likeness (QED) is 0.829. The molecule has 0 aromatic carbocycles. The number of hydrogen-bond acceptors (Lipinski definition) is 2. The van der Waals surface area contributed by atoms with Gasteiger partial charge < -0.3 is 5.32 Å². The Morgan fingerprint density at radius 1 is 1.18 bits per heavy atom. The van der Waals surface area contributed by atoms with Crippen molar-refractivity contribution in [3.8, 4) is 0 Å². The number of likely N-dealkylation sites (N-methyl/N-ethyl adjacent to an activating group) is 1. The van der Waals surface area contributed by atoms with Crippen molar-refractivity contribution < 1.29 is 0 Å². The van der Waals surface area contributed by atoms with Gasteiger partial charge in [-0.1, -0.05) is 61.6 Å². The van der Waals surface area contributed by atoms with Crippen LogP contribution in [0.1, 0.15) is 33.1 Å². The van der Waals surface area contributed by atoms with E-state index in [0.717, 1.165) is 25.8 Å². The highest BCUT2D eigenvalue weighted by molar-refractivity contribution is 5.33.